The first-order valence-corrected chi connectivity index (χ1v) is 51.5. The summed E-state index contributed by atoms with van der Waals surface area (Å²) in [6.45, 7) is 9.44. The van der Waals surface area contributed by atoms with E-state index in [1.807, 2.05) is 48.5 Å². The number of nitrogens with zero attached hydrogens (tertiary/aromatic N) is 4. The van der Waals surface area contributed by atoms with Crippen LogP contribution in [0, 0.1) is 0 Å². The maximum atomic E-state index is 6.12. The lowest BCUT2D eigenvalue weighted by atomic mass is 9.70. The number of para-hydroxylation sites is 4. The van der Waals surface area contributed by atoms with E-state index in [-0.39, 0.29) is 10.8 Å². The molecule has 26 aromatic rings. The molecule has 32 rings (SSSR count). The second-order valence-electron chi connectivity index (χ2n) is 42.0. The van der Waals surface area contributed by atoms with Crippen molar-refractivity contribution in [1.29, 1.82) is 0 Å². The van der Waals surface area contributed by atoms with Gasteiger partial charge in [-0.2, -0.15) is 0 Å². The van der Waals surface area contributed by atoms with Crippen molar-refractivity contribution in [2.45, 2.75) is 49.4 Å². The molecule has 4 aromatic heterocycles. The van der Waals surface area contributed by atoms with Gasteiger partial charge in [0.05, 0.1) is 32.9 Å². The van der Waals surface area contributed by atoms with E-state index in [0.29, 0.717) is 11.8 Å². The van der Waals surface area contributed by atoms with Crippen molar-refractivity contribution in [1.82, 2.24) is 19.1 Å². The molecule has 6 aliphatic carbocycles. The Morgan fingerprint density at radius 3 is 0.655 bits per heavy atom. The molecule has 6 heteroatoms. The number of hydrogen-bond donors (Lipinski definition) is 0. The molecule has 0 aliphatic heterocycles. The van der Waals surface area contributed by atoms with Gasteiger partial charge in [-0.05, 0) is 346 Å². The van der Waals surface area contributed by atoms with Crippen LogP contribution in [0.15, 0.2) is 494 Å². The SMILES string of the molecule is CC1(C)c2ccccc2-c2ccc(-c3ccc4c(c3)c3cc(-c5ccc6c(c5)C(C)(C)c5ccccc5-6)ccc3n4-c3ccc(-c4ccc(-c5nc6ccccc6o5)cc4)cc3)cc21.c1ccc2c(c1)-c1ccccc1C21c2ccccc2-c2ccc(-c3ccc4c(c3)c3cc(-c5ccc6c(c5)C5(c7ccccc7-c7ccccc75)c5ccccc5-6)ccc3n4-c3ccc(-c4ccc(-c5nc6ccccc6o5)cc4)cc3)cc21. The lowest BCUT2D eigenvalue weighted by Gasteiger charge is -2.30. The lowest BCUT2D eigenvalue weighted by molar-refractivity contribution is 0.619. The third kappa shape index (κ3) is 12.0. The summed E-state index contributed by atoms with van der Waals surface area (Å²) >= 11 is 0. The lowest BCUT2D eigenvalue weighted by Crippen LogP contribution is -2.25. The van der Waals surface area contributed by atoms with Crippen LogP contribution in [0.5, 0.6) is 0 Å². The fraction of sp³-hybridized carbons (Fsp3) is 0.0563. The van der Waals surface area contributed by atoms with Crippen LogP contribution in [0.2, 0.25) is 0 Å². The Morgan fingerprint density at radius 1 is 0.169 bits per heavy atom. The topological polar surface area (TPSA) is 61.9 Å². The van der Waals surface area contributed by atoms with Crippen molar-refractivity contribution in [3.05, 3.63) is 552 Å². The van der Waals surface area contributed by atoms with E-state index in [2.05, 4.69) is 474 Å². The number of aromatic nitrogens is 4. The summed E-state index contributed by atoms with van der Waals surface area (Å²) in [6, 6.07) is 180. The summed E-state index contributed by atoms with van der Waals surface area (Å²) in [7, 11) is 0. The van der Waals surface area contributed by atoms with Gasteiger partial charge < -0.3 is 18.0 Å². The van der Waals surface area contributed by atoms with Crippen LogP contribution < -0.4 is 0 Å². The van der Waals surface area contributed by atoms with Crippen LogP contribution in [0.3, 0.4) is 0 Å². The fourth-order valence-electron chi connectivity index (χ4n) is 26.8. The highest BCUT2D eigenvalue weighted by Crippen LogP contribution is 2.66. The zero-order valence-electron chi connectivity index (χ0n) is 81.8. The number of fused-ring (bicyclic) bond motifs is 34. The Kier molecular flexibility index (Phi) is 17.8. The summed E-state index contributed by atoms with van der Waals surface area (Å²) in [4.78, 5) is 9.46. The van der Waals surface area contributed by atoms with E-state index >= 15 is 0 Å². The van der Waals surface area contributed by atoms with E-state index in [0.717, 1.165) is 78.0 Å². The molecule has 0 bridgehead atoms. The molecule has 0 atom stereocenters. The molecule has 0 N–H and O–H groups in total. The molecule has 0 unspecified atom stereocenters. The molecule has 4 heterocycles. The molecule has 22 aromatic carbocycles. The number of oxazole rings is 2. The minimum absolute atomic E-state index is 0.0667. The highest BCUT2D eigenvalue weighted by molar-refractivity contribution is 6.14. The Labute approximate surface area is 856 Å². The van der Waals surface area contributed by atoms with Gasteiger partial charge >= 0.3 is 0 Å². The summed E-state index contributed by atoms with van der Waals surface area (Å²) in [5.41, 5.74) is 57.7. The van der Waals surface area contributed by atoms with Crippen LogP contribution >= 0.6 is 0 Å². The predicted molar refractivity (Wildman–Crippen MR) is 608 cm³/mol. The van der Waals surface area contributed by atoms with E-state index in [1.165, 1.54) is 211 Å². The second kappa shape index (κ2) is 31.4. The minimum atomic E-state index is -0.428. The molecule has 692 valence electrons. The normalized spacial score (nSPS) is 14.0. The molecular weight excluding hydrogens is 1790 g/mol. The first-order valence-electron chi connectivity index (χ1n) is 51.5. The number of hydrogen-bond acceptors (Lipinski definition) is 4. The number of rotatable bonds is 10. The average Bonchev–Trinajstić information content (AvgIpc) is 1.52. The van der Waals surface area contributed by atoms with Gasteiger partial charge in [-0.1, -0.05) is 367 Å². The van der Waals surface area contributed by atoms with Gasteiger partial charge in [0.25, 0.3) is 0 Å². The van der Waals surface area contributed by atoms with Gasteiger partial charge in [-0.25, -0.2) is 9.97 Å². The quantitative estimate of drug-likeness (QED) is 0.137. The highest BCUT2D eigenvalue weighted by atomic mass is 16.4. The van der Waals surface area contributed by atoms with Crippen LogP contribution in [-0.2, 0) is 21.7 Å². The van der Waals surface area contributed by atoms with Gasteiger partial charge in [-0.3, -0.25) is 0 Å². The van der Waals surface area contributed by atoms with Crippen molar-refractivity contribution in [2.24, 2.45) is 0 Å². The Hall–Kier alpha value is -18.6. The monoisotopic (exact) mass is 1880 g/mol. The zero-order valence-corrected chi connectivity index (χ0v) is 81.8. The van der Waals surface area contributed by atoms with E-state index < -0.39 is 10.8 Å². The third-order valence-corrected chi connectivity index (χ3v) is 33.8. The van der Waals surface area contributed by atoms with Crippen LogP contribution in [0.1, 0.15) is 94.5 Å². The fourth-order valence-corrected chi connectivity index (χ4v) is 26.8. The standard InChI is InChI=1S/C81H48N2O.C61H44N2O/c1-7-21-67-57(15-1)58-16-2-8-22-68(58)80(67)71-25-11-5-19-61(71)63-41-35-54(47-73(63)80)52-37-43-76-65(45-52)66-46-53(38-44-77(66)83(76)56-39-33-50(34-40-56)49-29-31-51(32-30-49)79-82-75-27-13-14-28-78(75)84-79)55-36-42-64-62-20-6-12-26-72(62)81(74(64)48-55)69-23-9-3-17-59(69)60-18-4-10-24-70(60)81;1-60(2)51-13-7-5-11-45(51)47-29-23-42(35-53(47)60)40-25-31-56-49(33-40)50-34-41(43-24-30-48-46-12-6-8-14-52(46)61(3,4)54(48)36-43)26-32-57(50)63(56)44-27-21-38(22-28-44)37-17-19-39(20-18-37)59-62-55-15-9-10-16-58(55)64-59/h1-48H;5-36H,1-4H3. The van der Waals surface area contributed by atoms with Crippen molar-refractivity contribution in [3.63, 3.8) is 0 Å². The third-order valence-electron chi connectivity index (χ3n) is 33.8. The van der Waals surface area contributed by atoms with Gasteiger partial charge in [0, 0.05) is 54.9 Å². The molecule has 148 heavy (non-hydrogen) atoms. The largest absolute Gasteiger partial charge is 0.436 e. The Morgan fingerprint density at radius 2 is 0.372 bits per heavy atom. The van der Waals surface area contributed by atoms with Crippen molar-refractivity contribution in [2.75, 3.05) is 0 Å². The first-order chi connectivity index (χ1) is 72.8. The molecule has 0 saturated heterocycles. The van der Waals surface area contributed by atoms with Gasteiger partial charge in [-0.15, -0.1) is 0 Å². The molecule has 2 spiro atoms. The van der Waals surface area contributed by atoms with Crippen LogP contribution in [0.25, 0.3) is 234 Å². The summed E-state index contributed by atoms with van der Waals surface area (Å²) < 4.78 is 17.1. The average molecular weight is 1890 g/mol. The van der Waals surface area contributed by atoms with Crippen LogP contribution in [0.4, 0.5) is 0 Å². The molecule has 0 amide bonds. The Balaban J connectivity index is 0.000000139. The first kappa shape index (κ1) is 83.9. The summed E-state index contributed by atoms with van der Waals surface area (Å²) in [5.74, 6) is 1.26. The molecular formula is C142H92N4O2. The minimum Gasteiger partial charge on any atom is -0.436 e. The highest BCUT2D eigenvalue weighted by Gasteiger charge is 2.54. The molecule has 0 fully saturated rings. The van der Waals surface area contributed by atoms with E-state index in [4.69, 9.17) is 18.8 Å². The van der Waals surface area contributed by atoms with Crippen molar-refractivity contribution < 1.29 is 8.83 Å². The van der Waals surface area contributed by atoms with Crippen molar-refractivity contribution >= 4 is 65.8 Å². The smallest absolute Gasteiger partial charge is 0.227 e. The predicted octanol–water partition coefficient (Wildman–Crippen LogP) is 36.5. The van der Waals surface area contributed by atoms with E-state index in [9.17, 15) is 0 Å². The zero-order chi connectivity index (χ0) is 97.7. The van der Waals surface area contributed by atoms with Gasteiger partial charge in [0.2, 0.25) is 11.8 Å². The maximum absolute atomic E-state index is 6.12. The molecule has 6 aliphatic rings. The van der Waals surface area contributed by atoms with Crippen molar-refractivity contribution in [3.8, 4) is 168 Å². The Bertz CT molecular complexity index is 9560. The summed E-state index contributed by atoms with van der Waals surface area (Å²) in [5, 5.41) is 4.90. The maximum Gasteiger partial charge on any atom is 0.227 e. The second-order valence-corrected chi connectivity index (χ2v) is 42.0. The summed E-state index contributed by atoms with van der Waals surface area (Å²) in [6.07, 6.45) is 0. The molecule has 0 saturated carbocycles. The molecule has 6 nitrogen and oxygen atoms in total. The van der Waals surface area contributed by atoms with Gasteiger partial charge in [0.1, 0.15) is 11.0 Å². The molecule has 0 radical (unpaired) electrons. The number of benzene rings is 22. The van der Waals surface area contributed by atoms with Gasteiger partial charge in [0.15, 0.2) is 11.2 Å². The van der Waals surface area contributed by atoms with E-state index in [1.54, 1.807) is 0 Å². The van der Waals surface area contributed by atoms with Crippen LogP contribution in [-0.4, -0.2) is 19.1 Å².